The maximum Gasteiger partial charge on any atom is 0.134 e. The lowest BCUT2D eigenvalue weighted by Crippen LogP contribution is -2.19. The second-order valence-electron chi connectivity index (χ2n) is 3.85. The van der Waals surface area contributed by atoms with Crippen LogP contribution in [0.3, 0.4) is 0 Å². The Bertz CT molecular complexity index is 478. The molecule has 0 aliphatic carbocycles. The Morgan fingerprint density at radius 1 is 1.47 bits per heavy atom. The molecule has 0 spiro atoms. The number of thiazole rings is 1. The minimum absolute atomic E-state index is 0.332. The van der Waals surface area contributed by atoms with Gasteiger partial charge in [0.05, 0.1) is 10.6 Å². The van der Waals surface area contributed by atoms with Crippen LogP contribution in [0.25, 0.3) is 9.88 Å². The van der Waals surface area contributed by atoms with Crippen LogP contribution in [-0.2, 0) is 0 Å². The first kappa shape index (κ1) is 13.2. The standard InChI is InChI=1S/C12H15BrN2S2/c1-3-5-14-8(2)10-7-17-12(15-10)11-9(13)4-6-16-11/h4,6-8,14H,3,5H2,1-2H3. The summed E-state index contributed by atoms with van der Waals surface area (Å²) in [5, 5.41) is 8.79. The van der Waals surface area contributed by atoms with Gasteiger partial charge in [-0.25, -0.2) is 4.98 Å². The second kappa shape index (κ2) is 6.09. The monoisotopic (exact) mass is 330 g/mol. The topological polar surface area (TPSA) is 24.9 Å². The van der Waals surface area contributed by atoms with Crippen LogP contribution in [0.2, 0.25) is 0 Å². The van der Waals surface area contributed by atoms with E-state index in [1.54, 1.807) is 22.7 Å². The van der Waals surface area contributed by atoms with Gasteiger partial charge in [0, 0.05) is 15.9 Å². The van der Waals surface area contributed by atoms with Crippen molar-refractivity contribution in [2.45, 2.75) is 26.3 Å². The van der Waals surface area contributed by atoms with E-state index >= 15 is 0 Å². The van der Waals surface area contributed by atoms with Crippen molar-refractivity contribution in [1.82, 2.24) is 10.3 Å². The minimum Gasteiger partial charge on any atom is -0.309 e. The summed E-state index contributed by atoms with van der Waals surface area (Å²) in [6.45, 7) is 5.38. The molecule has 0 aliphatic heterocycles. The molecule has 2 rings (SSSR count). The molecule has 0 saturated carbocycles. The van der Waals surface area contributed by atoms with Crippen molar-refractivity contribution in [2.75, 3.05) is 6.54 Å². The normalized spacial score (nSPS) is 12.9. The van der Waals surface area contributed by atoms with Crippen LogP contribution in [0, 0.1) is 0 Å². The molecule has 2 aromatic heterocycles. The lowest BCUT2D eigenvalue weighted by molar-refractivity contribution is 0.561. The molecule has 0 aliphatic rings. The lowest BCUT2D eigenvalue weighted by Gasteiger charge is -2.09. The molecule has 2 heterocycles. The third-order valence-electron chi connectivity index (χ3n) is 2.48. The third-order valence-corrected chi connectivity index (χ3v) is 5.33. The van der Waals surface area contributed by atoms with Crippen LogP contribution in [0.15, 0.2) is 21.3 Å². The molecule has 17 heavy (non-hydrogen) atoms. The van der Waals surface area contributed by atoms with Gasteiger partial charge in [0.15, 0.2) is 0 Å². The zero-order valence-corrected chi connectivity index (χ0v) is 13.1. The molecule has 1 N–H and O–H groups in total. The number of aromatic nitrogens is 1. The average molecular weight is 331 g/mol. The Morgan fingerprint density at radius 2 is 2.29 bits per heavy atom. The number of hydrogen-bond donors (Lipinski definition) is 1. The highest BCUT2D eigenvalue weighted by Crippen LogP contribution is 2.36. The number of hydrogen-bond acceptors (Lipinski definition) is 4. The smallest absolute Gasteiger partial charge is 0.134 e. The summed E-state index contributed by atoms with van der Waals surface area (Å²) in [7, 11) is 0. The first-order valence-corrected chi connectivity index (χ1v) is 8.19. The Kier molecular flexibility index (Phi) is 4.73. The van der Waals surface area contributed by atoms with Crippen molar-refractivity contribution >= 4 is 38.6 Å². The van der Waals surface area contributed by atoms with E-state index in [0.29, 0.717) is 6.04 Å². The number of thiophene rings is 1. The largest absolute Gasteiger partial charge is 0.309 e. The van der Waals surface area contributed by atoms with E-state index in [1.165, 1.54) is 4.88 Å². The van der Waals surface area contributed by atoms with Crippen LogP contribution in [-0.4, -0.2) is 11.5 Å². The molecule has 2 aromatic rings. The van der Waals surface area contributed by atoms with Crippen LogP contribution >= 0.6 is 38.6 Å². The summed E-state index contributed by atoms with van der Waals surface area (Å²) in [6.07, 6.45) is 1.15. The maximum absolute atomic E-state index is 4.70. The van der Waals surface area contributed by atoms with Crippen molar-refractivity contribution in [1.29, 1.82) is 0 Å². The molecular formula is C12H15BrN2S2. The van der Waals surface area contributed by atoms with Gasteiger partial charge in [-0.15, -0.1) is 22.7 Å². The third kappa shape index (κ3) is 3.16. The van der Waals surface area contributed by atoms with E-state index in [9.17, 15) is 0 Å². The first-order chi connectivity index (χ1) is 8.22. The van der Waals surface area contributed by atoms with Gasteiger partial charge in [-0.3, -0.25) is 0 Å². The Balaban J connectivity index is 2.13. The molecule has 0 radical (unpaired) electrons. The van der Waals surface area contributed by atoms with E-state index in [2.05, 4.69) is 51.9 Å². The van der Waals surface area contributed by atoms with Crippen molar-refractivity contribution in [2.24, 2.45) is 0 Å². The van der Waals surface area contributed by atoms with Gasteiger partial charge in [-0.1, -0.05) is 6.92 Å². The van der Waals surface area contributed by atoms with Gasteiger partial charge >= 0.3 is 0 Å². The summed E-state index contributed by atoms with van der Waals surface area (Å²) in [5.41, 5.74) is 1.14. The van der Waals surface area contributed by atoms with E-state index in [-0.39, 0.29) is 0 Å². The molecule has 0 fully saturated rings. The molecular weight excluding hydrogens is 316 g/mol. The predicted octanol–water partition coefficient (Wildman–Crippen LogP) is 4.69. The van der Waals surface area contributed by atoms with Crippen LogP contribution in [0.5, 0.6) is 0 Å². The fourth-order valence-corrected chi connectivity index (χ4v) is 4.23. The summed E-state index contributed by atoms with van der Waals surface area (Å²) in [6, 6.07) is 2.40. The average Bonchev–Trinajstić information content (AvgIpc) is 2.93. The SMILES string of the molecule is CCCNC(C)c1csc(-c2sccc2Br)n1. The highest BCUT2D eigenvalue weighted by molar-refractivity contribution is 9.10. The molecule has 2 nitrogen and oxygen atoms in total. The fourth-order valence-electron chi connectivity index (χ4n) is 1.50. The van der Waals surface area contributed by atoms with Gasteiger partial charge in [0.2, 0.25) is 0 Å². The van der Waals surface area contributed by atoms with Gasteiger partial charge in [0.25, 0.3) is 0 Å². The first-order valence-electron chi connectivity index (χ1n) is 5.64. The van der Waals surface area contributed by atoms with E-state index in [1.807, 2.05) is 0 Å². The summed E-state index contributed by atoms with van der Waals surface area (Å²) < 4.78 is 1.14. The maximum atomic E-state index is 4.70. The zero-order valence-electron chi connectivity index (χ0n) is 9.87. The molecule has 1 unspecified atom stereocenters. The second-order valence-corrected chi connectivity index (χ2v) is 6.48. The van der Waals surface area contributed by atoms with Crippen molar-refractivity contribution in [3.63, 3.8) is 0 Å². The Labute approximate surface area is 118 Å². The van der Waals surface area contributed by atoms with Crippen molar-refractivity contribution < 1.29 is 0 Å². The molecule has 0 bridgehead atoms. The Hall–Kier alpha value is -0.230. The molecule has 92 valence electrons. The van der Waals surface area contributed by atoms with Crippen molar-refractivity contribution in [3.8, 4) is 9.88 Å². The molecule has 0 saturated heterocycles. The van der Waals surface area contributed by atoms with Gasteiger partial charge in [0.1, 0.15) is 5.01 Å². The number of halogens is 1. The lowest BCUT2D eigenvalue weighted by atomic mass is 10.2. The number of nitrogens with one attached hydrogen (secondary N) is 1. The zero-order chi connectivity index (χ0) is 12.3. The quantitative estimate of drug-likeness (QED) is 0.859. The minimum atomic E-state index is 0.332. The summed E-state index contributed by atoms with van der Waals surface area (Å²) in [5.74, 6) is 0. The Morgan fingerprint density at radius 3 is 2.94 bits per heavy atom. The highest BCUT2D eigenvalue weighted by atomic mass is 79.9. The van der Waals surface area contributed by atoms with Crippen LogP contribution < -0.4 is 5.32 Å². The predicted molar refractivity (Wildman–Crippen MR) is 79.8 cm³/mol. The van der Waals surface area contributed by atoms with E-state index in [0.717, 1.165) is 28.1 Å². The number of rotatable bonds is 5. The van der Waals surface area contributed by atoms with Crippen LogP contribution in [0.1, 0.15) is 32.0 Å². The van der Waals surface area contributed by atoms with Gasteiger partial charge < -0.3 is 5.32 Å². The van der Waals surface area contributed by atoms with Crippen LogP contribution in [0.4, 0.5) is 0 Å². The summed E-state index contributed by atoms with van der Waals surface area (Å²) >= 11 is 6.99. The van der Waals surface area contributed by atoms with E-state index in [4.69, 9.17) is 4.98 Å². The number of nitrogens with zero attached hydrogens (tertiary/aromatic N) is 1. The highest BCUT2D eigenvalue weighted by Gasteiger charge is 2.12. The fraction of sp³-hybridized carbons (Fsp3) is 0.417. The molecule has 5 heteroatoms. The summed E-state index contributed by atoms with van der Waals surface area (Å²) in [4.78, 5) is 5.93. The molecule has 0 amide bonds. The molecule has 1 atom stereocenters. The van der Waals surface area contributed by atoms with Gasteiger partial charge in [-0.05, 0) is 47.3 Å². The molecule has 0 aromatic carbocycles. The van der Waals surface area contributed by atoms with Crippen molar-refractivity contribution in [3.05, 3.63) is 27.0 Å². The van der Waals surface area contributed by atoms with Gasteiger partial charge in [-0.2, -0.15) is 0 Å². The van der Waals surface area contributed by atoms with E-state index < -0.39 is 0 Å².